The topological polar surface area (TPSA) is 46.6 Å². The Morgan fingerprint density at radius 1 is 1.35 bits per heavy atom. The third-order valence-electron chi connectivity index (χ3n) is 4.26. The molecule has 1 aliphatic rings. The van der Waals surface area contributed by atoms with E-state index in [-0.39, 0.29) is 28.9 Å². The standard InChI is InChI=1S/C12H23NO3Si/c1-8-9(11(15)16-5)13(10(8)14)17(6,7)12(2,3)4/h8-9H,1-7H3/t8-,9+/m0/s1. The quantitative estimate of drug-likeness (QED) is 0.432. The first-order valence-corrected chi connectivity index (χ1v) is 8.91. The van der Waals surface area contributed by atoms with Gasteiger partial charge in [-0.1, -0.05) is 40.8 Å². The van der Waals surface area contributed by atoms with Gasteiger partial charge in [-0.25, -0.2) is 4.79 Å². The van der Waals surface area contributed by atoms with Crippen LogP contribution in [0.4, 0.5) is 0 Å². The summed E-state index contributed by atoms with van der Waals surface area (Å²) >= 11 is 0. The molecule has 0 unspecified atom stereocenters. The molecular weight excluding hydrogens is 234 g/mol. The van der Waals surface area contributed by atoms with Gasteiger partial charge in [-0.3, -0.25) is 4.79 Å². The fourth-order valence-corrected chi connectivity index (χ4v) is 4.55. The molecule has 0 radical (unpaired) electrons. The van der Waals surface area contributed by atoms with Gasteiger partial charge in [0, 0.05) is 0 Å². The predicted molar refractivity (Wildman–Crippen MR) is 69.0 cm³/mol. The highest BCUT2D eigenvalue weighted by Crippen LogP contribution is 2.44. The smallest absolute Gasteiger partial charge is 0.328 e. The van der Waals surface area contributed by atoms with Gasteiger partial charge in [-0.15, -0.1) is 0 Å². The zero-order chi connectivity index (χ0) is 13.6. The monoisotopic (exact) mass is 257 g/mol. The van der Waals surface area contributed by atoms with Gasteiger partial charge in [0.25, 0.3) is 0 Å². The summed E-state index contributed by atoms with van der Waals surface area (Å²) in [6, 6.07) is -0.381. The summed E-state index contributed by atoms with van der Waals surface area (Å²) in [6.45, 7) is 12.4. The van der Waals surface area contributed by atoms with Gasteiger partial charge in [-0.2, -0.15) is 0 Å². The molecule has 1 rings (SSSR count). The number of carbonyl (C=O) groups is 2. The lowest BCUT2D eigenvalue weighted by Crippen LogP contribution is -2.74. The first-order valence-electron chi connectivity index (χ1n) is 5.96. The Morgan fingerprint density at radius 3 is 2.18 bits per heavy atom. The minimum absolute atomic E-state index is 0.0368. The zero-order valence-electron chi connectivity index (χ0n) is 11.8. The van der Waals surface area contributed by atoms with Crippen LogP contribution in [0.2, 0.25) is 18.1 Å². The second-order valence-electron chi connectivity index (χ2n) is 6.27. The minimum atomic E-state index is -1.99. The Labute approximate surface area is 104 Å². The molecule has 0 spiro atoms. The van der Waals surface area contributed by atoms with Crippen molar-refractivity contribution in [2.45, 2.75) is 51.9 Å². The Balaban J connectivity index is 3.05. The molecule has 0 aromatic rings. The van der Waals surface area contributed by atoms with E-state index in [9.17, 15) is 9.59 Å². The molecule has 1 saturated heterocycles. The number of amides is 1. The fourth-order valence-electron chi connectivity index (χ4n) is 2.05. The molecule has 4 nitrogen and oxygen atoms in total. The van der Waals surface area contributed by atoms with Gasteiger partial charge in [0.1, 0.15) is 6.04 Å². The average Bonchev–Trinajstić information content (AvgIpc) is 2.21. The highest BCUT2D eigenvalue weighted by molar-refractivity contribution is 6.80. The summed E-state index contributed by atoms with van der Waals surface area (Å²) in [6.07, 6.45) is 0. The van der Waals surface area contributed by atoms with Crippen LogP contribution in [0.3, 0.4) is 0 Å². The first-order chi connectivity index (χ1) is 7.55. The number of rotatable bonds is 2. The van der Waals surface area contributed by atoms with Crippen molar-refractivity contribution in [2.75, 3.05) is 7.11 Å². The van der Waals surface area contributed by atoms with E-state index in [4.69, 9.17) is 4.74 Å². The Kier molecular flexibility index (Phi) is 3.45. The van der Waals surface area contributed by atoms with Gasteiger partial charge >= 0.3 is 5.97 Å². The molecule has 1 fully saturated rings. The average molecular weight is 257 g/mol. The number of carbonyl (C=O) groups excluding carboxylic acids is 2. The highest BCUT2D eigenvalue weighted by atomic mass is 28.3. The maximum absolute atomic E-state index is 12.0. The third-order valence-corrected chi connectivity index (χ3v) is 9.63. The van der Waals surface area contributed by atoms with Crippen LogP contribution in [0.5, 0.6) is 0 Å². The van der Waals surface area contributed by atoms with E-state index in [2.05, 4.69) is 33.9 Å². The number of β-lactam (4-membered cyclic amide) rings is 1. The number of hydrogen-bond donors (Lipinski definition) is 0. The van der Waals surface area contributed by atoms with Crippen molar-refractivity contribution in [3.05, 3.63) is 0 Å². The molecule has 1 aliphatic heterocycles. The summed E-state index contributed by atoms with van der Waals surface area (Å²) in [4.78, 5) is 23.8. The third kappa shape index (κ3) is 2.01. The van der Waals surface area contributed by atoms with Crippen molar-refractivity contribution < 1.29 is 14.3 Å². The van der Waals surface area contributed by atoms with Crippen molar-refractivity contribution >= 4 is 20.1 Å². The van der Waals surface area contributed by atoms with Crippen LogP contribution in [0.1, 0.15) is 27.7 Å². The highest BCUT2D eigenvalue weighted by Gasteiger charge is 2.58. The summed E-state index contributed by atoms with van der Waals surface area (Å²) in [5.41, 5.74) is 0. The maximum atomic E-state index is 12.0. The molecular formula is C12H23NO3Si. The maximum Gasteiger partial charge on any atom is 0.328 e. The van der Waals surface area contributed by atoms with Crippen molar-refractivity contribution in [1.29, 1.82) is 0 Å². The molecule has 0 aromatic carbocycles. The molecule has 0 aromatic heterocycles. The summed E-state index contributed by atoms with van der Waals surface area (Å²) in [5.74, 6) is -0.439. The number of esters is 1. The number of nitrogens with zero attached hydrogens (tertiary/aromatic N) is 1. The number of methoxy groups -OCH3 is 1. The second kappa shape index (κ2) is 4.12. The van der Waals surface area contributed by atoms with Crippen LogP contribution in [-0.4, -0.2) is 37.8 Å². The van der Waals surface area contributed by atoms with E-state index in [1.54, 1.807) is 6.92 Å². The number of hydrogen-bond acceptors (Lipinski definition) is 3. The van der Waals surface area contributed by atoms with Gasteiger partial charge in [0.2, 0.25) is 5.91 Å². The number of ether oxygens (including phenoxy) is 1. The summed E-state index contributed by atoms with van der Waals surface area (Å²) in [7, 11) is -0.609. The molecule has 5 heteroatoms. The summed E-state index contributed by atoms with van der Waals surface area (Å²) in [5, 5.41) is 0.0368. The SMILES string of the molecule is COC(=O)[C@H]1[C@H](C)C(=O)N1[Si](C)(C)C(C)(C)C. The lowest BCUT2D eigenvalue weighted by Gasteiger charge is -2.56. The molecule has 2 atom stereocenters. The molecule has 0 bridgehead atoms. The Bertz CT molecular complexity index is 346. The fraction of sp³-hybridized carbons (Fsp3) is 0.833. The molecule has 1 heterocycles. The molecule has 98 valence electrons. The Morgan fingerprint density at radius 2 is 1.82 bits per heavy atom. The lowest BCUT2D eigenvalue weighted by atomic mass is 9.93. The molecule has 17 heavy (non-hydrogen) atoms. The van der Waals surface area contributed by atoms with Crippen molar-refractivity contribution in [1.82, 2.24) is 4.57 Å². The predicted octanol–water partition coefficient (Wildman–Crippen LogP) is 2.01. The van der Waals surface area contributed by atoms with Crippen LogP contribution in [-0.2, 0) is 14.3 Å². The van der Waals surface area contributed by atoms with E-state index in [1.807, 2.05) is 4.57 Å². The molecule has 0 N–H and O–H groups in total. The van der Waals surface area contributed by atoms with E-state index in [1.165, 1.54) is 7.11 Å². The second-order valence-corrected chi connectivity index (χ2v) is 11.4. The van der Waals surface area contributed by atoms with Crippen LogP contribution >= 0.6 is 0 Å². The largest absolute Gasteiger partial charge is 0.467 e. The molecule has 0 aliphatic carbocycles. The van der Waals surface area contributed by atoms with Crippen LogP contribution in [0.25, 0.3) is 0 Å². The van der Waals surface area contributed by atoms with E-state index in [0.717, 1.165) is 0 Å². The summed E-state index contributed by atoms with van der Waals surface area (Å²) < 4.78 is 6.61. The van der Waals surface area contributed by atoms with E-state index in [0.29, 0.717) is 0 Å². The lowest BCUT2D eigenvalue weighted by molar-refractivity contribution is -0.165. The minimum Gasteiger partial charge on any atom is -0.467 e. The van der Waals surface area contributed by atoms with Crippen molar-refractivity contribution in [3.63, 3.8) is 0 Å². The van der Waals surface area contributed by atoms with Gasteiger partial charge < -0.3 is 9.30 Å². The normalized spacial score (nSPS) is 25.6. The first kappa shape index (κ1) is 14.2. The van der Waals surface area contributed by atoms with Gasteiger partial charge in [-0.05, 0) is 5.04 Å². The van der Waals surface area contributed by atoms with Crippen molar-refractivity contribution in [3.8, 4) is 0 Å². The van der Waals surface area contributed by atoms with Crippen LogP contribution in [0.15, 0.2) is 0 Å². The van der Waals surface area contributed by atoms with E-state index >= 15 is 0 Å². The van der Waals surface area contributed by atoms with Gasteiger partial charge in [0.15, 0.2) is 8.24 Å². The van der Waals surface area contributed by atoms with Crippen LogP contribution in [0, 0.1) is 5.92 Å². The van der Waals surface area contributed by atoms with Gasteiger partial charge in [0.05, 0.1) is 13.0 Å². The van der Waals surface area contributed by atoms with Crippen LogP contribution < -0.4 is 0 Å². The van der Waals surface area contributed by atoms with E-state index < -0.39 is 8.24 Å². The Hall–Kier alpha value is -0.843. The molecule has 1 amide bonds. The van der Waals surface area contributed by atoms with Crippen molar-refractivity contribution in [2.24, 2.45) is 5.92 Å². The zero-order valence-corrected chi connectivity index (χ0v) is 12.8. The molecule has 0 saturated carbocycles.